The molecule has 3 heteroatoms. The predicted octanol–water partition coefficient (Wildman–Crippen LogP) is 2.55. The Morgan fingerprint density at radius 2 is 2.07 bits per heavy atom. The molecule has 0 radical (unpaired) electrons. The van der Waals surface area contributed by atoms with Crippen LogP contribution in [0.25, 0.3) is 12.2 Å². The largest absolute Gasteiger partial charge is 0.507 e. The van der Waals surface area contributed by atoms with E-state index < -0.39 is 0 Å². The molecule has 0 bridgehead atoms. The van der Waals surface area contributed by atoms with E-state index in [1.807, 2.05) is 12.1 Å². The van der Waals surface area contributed by atoms with Gasteiger partial charge in [0.25, 0.3) is 0 Å². The van der Waals surface area contributed by atoms with Gasteiger partial charge in [0.1, 0.15) is 12.0 Å². The molecule has 0 unspecified atom stereocenters. The summed E-state index contributed by atoms with van der Waals surface area (Å²) in [4.78, 5) is 3.93. The highest BCUT2D eigenvalue weighted by Gasteiger charge is 1.94. The van der Waals surface area contributed by atoms with E-state index in [2.05, 4.69) is 4.98 Å². The fourth-order valence-electron chi connectivity index (χ4n) is 1.11. The van der Waals surface area contributed by atoms with Crippen LogP contribution in [-0.4, -0.2) is 10.1 Å². The van der Waals surface area contributed by atoms with Crippen LogP contribution in [0, 0.1) is 0 Å². The Bertz CT molecular complexity index is 432. The van der Waals surface area contributed by atoms with Gasteiger partial charge in [-0.2, -0.15) is 0 Å². The molecule has 0 aliphatic heterocycles. The van der Waals surface area contributed by atoms with Gasteiger partial charge < -0.3 is 9.52 Å². The summed E-state index contributed by atoms with van der Waals surface area (Å²) in [7, 11) is 0. The molecule has 0 saturated heterocycles. The van der Waals surface area contributed by atoms with Gasteiger partial charge in [-0.1, -0.05) is 18.2 Å². The molecule has 0 aliphatic carbocycles. The Morgan fingerprint density at radius 3 is 2.79 bits per heavy atom. The van der Waals surface area contributed by atoms with Gasteiger partial charge in [0.15, 0.2) is 0 Å². The second-order valence-corrected chi connectivity index (χ2v) is 2.76. The zero-order valence-electron chi connectivity index (χ0n) is 7.42. The number of nitrogens with zero attached hydrogens (tertiary/aromatic N) is 1. The monoisotopic (exact) mass is 187 g/mol. The van der Waals surface area contributed by atoms with Crippen LogP contribution in [0.5, 0.6) is 5.75 Å². The quantitative estimate of drug-likeness (QED) is 0.785. The molecule has 70 valence electrons. The van der Waals surface area contributed by atoms with Crippen molar-refractivity contribution >= 4 is 12.2 Å². The van der Waals surface area contributed by atoms with E-state index >= 15 is 0 Å². The van der Waals surface area contributed by atoms with E-state index in [1.165, 1.54) is 6.26 Å². The Morgan fingerprint density at radius 1 is 1.21 bits per heavy atom. The van der Waals surface area contributed by atoms with Gasteiger partial charge in [0.05, 0.1) is 6.20 Å². The highest BCUT2D eigenvalue weighted by atomic mass is 16.3. The lowest BCUT2D eigenvalue weighted by molar-refractivity contribution is 0.474. The van der Waals surface area contributed by atoms with E-state index in [-0.39, 0.29) is 5.75 Å². The van der Waals surface area contributed by atoms with E-state index in [9.17, 15) is 5.11 Å². The minimum atomic E-state index is 0.246. The molecule has 0 spiro atoms. The second-order valence-electron chi connectivity index (χ2n) is 2.76. The number of rotatable bonds is 2. The van der Waals surface area contributed by atoms with Crippen molar-refractivity contribution in [1.29, 1.82) is 0 Å². The first-order valence-electron chi connectivity index (χ1n) is 4.22. The molecule has 1 aromatic heterocycles. The van der Waals surface area contributed by atoms with E-state index in [4.69, 9.17) is 4.42 Å². The van der Waals surface area contributed by atoms with Gasteiger partial charge in [0.2, 0.25) is 5.89 Å². The maximum absolute atomic E-state index is 9.44. The number of phenolic OH excluding ortho intramolecular Hbond substituents is 1. The van der Waals surface area contributed by atoms with Crippen LogP contribution < -0.4 is 0 Å². The number of oxazole rings is 1. The van der Waals surface area contributed by atoms with E-state index in [0.29, 0.717) is 5.89 Å². The summed E-state index contributed by atoms with van der Waals surface area (Å²) < 4.78 is 5.02. The number of hydrogen-bond donors (Lipinski definition) is 1. The number of para-hydroxylation sites is 1. The molecule has 1 heterocycles. The predicted molar refractivity (Wildman–Crippen MR) is 53.5 cm³/mol. The molecule has 1 N–H and O–H groups in total. The van der Waals surface area contributed by atoms with Crippen LogP contribution in [0.4, 0.5) is 0 Å². The van der Waals surface area contributed by atoms with Gasteiger partial charge in [-0.25, -0.2) is 4.98 Å². The summed E-state index contributed by atoms with van der Waals surface area (Å²) in [6.45, 7) is 0. The molecule has 1 aromatic carbocycles. The maximum Gasteiger partial charge on any atom is 0.218 e. The molecule has 0 amide bonds. The third-order valence-electron chi connectivity index (χ3n) is 1.79. The second kappa shape index (κ2) is 3.79. The van der Waals surface area contributed by atoms with E-state index in [0.717, 1.165) is 5.56 Å². The summed E-state index contributed by atoms with van der Waals surface area (Å²) >= 11 is 0. The van der Waals surface area contributed by atoms with Crippen molar-refractivity contribution in [1.82, 2.24) is 4.98 Å². The summed E-state index contributed by atoms with van der Waals surface area (Å²) in [5.74, 6) is 0.767. The number of phenols is 1. The van der Waals surface area contributed by atoms with Crippen LogP contribution in [0.15, 0.2) is 41.1 Å². The van der Waals surface area contributed by atoms with Crippen molar-refractivity contribution < 1.29 is 9.52 Å². The maximum atomic E-state index is 9.44. The average Bonchev–Trinajstić information content (AvgIpc) is 2.69. The zero-order valence-corrected chi connectivity index (χ0v) is 7.42. The molecule has 2 aromatic rings. The lowest BCUT2D eigenvalue weighted by Crippen LogP contribution is -1.73. The molecule has 0 atom stereocenters. The number of hydrogen-bond acceptors (Lipinski definition) is 3. The standard InChI is InChI=1S/C11H9NO2/c13-10-4-2-1-3-9(10)5-6-11-12-7-8-14-11/h1-8,13H. The summed E-state index contributed by atoms with van der Waals surface area (Å²) in [6, 6.07) is 7.08. The van der Waals surface area contributed by atoms with Gasteiger partial charge in [-0.15, -0.1) is 0 Å². The van der Waals surface area contributed by atoms with Crippen molar-refractivity contribution in [3.05, 3.63) is 48.2 Å². The number of aromatic hydroxyl groups is 1. The lowest BCUT2D eigenvalue weighted by atomic mass is 10.2. The SMILES string of the molecule is Oc1ccccc1C=Cc1ncco1. The van der Waals surface area contributed by atoms with E-state index in [1.54, 1.807) is 30.5 Å². The fraction of sp³-hybridized carbons (Fsp3) is 0. The van der Waals surface area contributed by atoms with Gasteiger partial charge in [0, 0.05) is 11.6 Å². The zero-order chi connectivity index (χ0) is 9.80. The van der Waals surface area contributed by atoms with Crippen LogP contribution >= 0.6 is 0 Å². The molecule has 0 fully saturated rings. The Labute approximate surface area is 81.3 Å². The molecule has 0 aliphatic rings. The topological polar surface area (TPSA) is 46.3 Å². The average molecular weight is 187 g/mol. The third-order valence-corrected chi connectivity index (χ3v) is 1.79. The third kappa shape index (κ3) is 1.82. The Hall–Kier alpha value is -2.03. The normalized spacial score (nSPS) is 10.9. The first-order chi connectivity index (χ1) is 6.86. The molecule has 2 rings (SSSR count). The minimum absolute atomic E-state index is 0.246. The highest BCUT2D eigenvalue weighted by Crippen LogP contribution is 2.17. The lowest BCUT2D eigenvalue weighted by Gasteiger charge is -1.95. The summed E-state index contributed by atoms with van der Waals surface area (Å²) in [5, 5.41) is 9.44. The van der Waals surface area contributed by atoms with Crippen molar-refractivity contribution in [2.24, 2.45) is 0 Å². The van der Waals surface area contributed by atoms with Crippen LogP contribution in [0.2, 0.25) is 0 Å². The van der Waals surface area contributed by atoms with Crippen molar-refractivity contribution in [3.63, 3.8) is 0 Å². The first-order valence-corrected chi connectivity index (χ1v) is 4.22. The highest BCUT2D eigenvalue weighted by molar-refractivity contribution is 5.69. The van der Waals surface area contributed by atoms with Gasteiger partial charge in [-0.3, -0.25) is 0 Å². The fourth-order valence-corrected chi connectivity index (χ4v) is 1.11. The van der Waals surface area contributed by atoms with Crippen LogP contribution in [0.3, 0.4) is 0 Å². The van der Waals surface area contributed by atoms with Crippen LogP contribution in [-0.2, 0) is 0 Å². The molecule has 3 nitrogen and oxygen atoms in total. The Balaban J connectivity index is 2.23. The van der Waals surface area contributed by atoms with Crippen molar-refractivity contribution in [3.8, 4) is 5.75 Å². The summed E-state index contributed by atoms with van der Waals surface area (Å²) in [6.07, 6.45) is 6.53. The molecule has 14 heavy (non-hydrogen) atoms. The van der Waals surface area contributed by atoms with Gasteiger partial charge in [-0.05, 0) is 12.1 Å². The first kappa shape index (κ1) is 8.56. The van der Waals surface area contributed by atoms with Gasteiger partial charge >= 0.3 is 0 Å². The molecule has 0 saturated carbocycles. The molecular formula is C11H9NO2. The summed E-state index contributed by atoms with van der Waals surface area (Å²) in [5.41, 5.74) is 0.741. The van der Waals surface area contributed by atoms with Crippen molar-refractivity contribution in [2.75, 3.05) is 0 Å². The minimum Gasteiger partial charge on any atom is -0.507 e. The number of aromatic nitrogens is 1. The van der Waals surface area contributed by atoms with Crippen LogP contribution in [0.1, 0.15) is 11.5 Å². The smallest absolute Gasteiger partial charge is 0.218 e. The van der Waals surface area contributed by atoms with Crippen molar-refractivity contribution in [2.45, 2.75) is 0 Å². The molecular weight excluding hydrogens is 178 g/mol. The Kier molecular flexibility index (Phi) is 2.32. The number of benzene rings is 1.